The largest absolute Gasteiger partial charge is 0.368 e. The number of benzene rings is 1. The van der Waals surface area contributed by atoms with Crippen LogP contribution in [0.2, 0.25) is 0 Å². The SMILES string of the molecule is Cc1cn(N=Cc2ccc3ccn(Cc4cccnc4)c3c2)c(N)n1. The van der Waals surface area contributed by atoms with Gasteiger partial charge >= 0.3 is 0 Å². The fourth-order valence-corrected chi connectivity index (χ4v) is 2.83. The van der Waals surface area contributed by atoms with Crippen LogP contribution in [0.3, 0.4) is 0 Å². The molecule has 124 valence electrons. The van der Waals surface area contributed by atoms with Crippen LogP contribution >= 0.6 is 0 Å². The van der Waals surface area contributed by atoms with Crippen molar-refractivity contribution in [2.45, 2.75) is 13.5 Å². The summed E-state index contributed by atoms with van der Waals surface area (Å²) in [7, 11) is 0. The number of anilines is 1. The minimum Gasteiger partial charge on any atom is -0.368 e. The van der Waals surface area contributed by atoms with Gasteiger partial charge in [-0.05, 0) is 41.6 Å². The minimum absolute atomic E-state index is 0.384. The van der Waals surface area contributed by atoms with Crippen LogP contribution in [0.25, 0.3) is 10.9 Å². The van der Waals surface area contributed by atoms with E-state index in [-0.39, 0.29) is 0 Å². The quantitative estimate of drug-likeness (QED) is 0.584. The molecule has 4 rings (SSSR count). The Balaban J connectivity index is 1.65. The summed E-state index contributed by atoms with van der Waals surface area (Å²) in [5.74, 6) is 0.384. The number of hydrogen-bond donors (Lipinski definition) is 1. The average molecular weight is 330 g/mol. The lowest BCUT2D eigenvalue weighted by atomic mass is 10.2. The van der Waals surface area contributed by atoms with Gasteiger partial charge in [-0.2, -0.15) is 5.10 Å². The second-order valence-corrected chi connectivity index (χ2v) is 5.95. The maximum absolute atomic E-state index is 5.82. The highest BCUT2D eigenvalue weighted by Gasteiger charge is 2.04. The molecule has 0 bridgehead atoms. The Bertz CT molecular complexity index is 1040. The van der Waals surface area contributed by atoms with Crippen LogP contribution in [-0.2, 0) is 6.54 Å². The first-order valence-electron chi connectivity index (χ1n) is 8.03. The van der Waals surface area contributed by atoms with Crippen LogP contribution in [0.15, 0.2) is 66.3 Å². The predicted octanol–water partition coefficient (Wildman–Crippen LogP) is 3.05. The van der Waals surface area contributed by atoms with Crippen LogP contribution in [0, 0.1) is 6.92 Å². The Kier molecular flexibility index (Phi) is 3.78. The smallest absolute Gasteiger partial charge is 0.221 e. The first-order chi connectivity index (χ1) is 12.2. The van der Waals surface area contributed by atoms with Crippen LogP contribution in [0.5, 0.6) is 0 Å². The summed E-state index contributed by atoms with van der Waals surface area (Å²) < 4.78 is 3.79. The van der Waals surface area contributed by atoms with Crippen LogP contribution < -0.4 is 5.73 Å². The summed E-state index contributed by atoms with van der Waals surface area (Å²) in [6, 6.07) is 12.4. The van der Waals surface area contributed by atoms with Gasteiger partial charge in [0.05, 0.1) is 18.1 Å². The number of aryl methyl sites for hydroxylation is 1. The Hall–Kier alpha value is -3.41. The molecule has 2 N–H and O–H groups in total. The summed E-state index contributed by atoms with van der Waals surface area (Å²) in [5.41, 5.74) is 9.99. The summed E-state index contributed by atoms with van der Waals surface area (Å²) in [5, 5.41) is 5.58. The normalized spacial score (nSPS) is 11.6. The summed E-state index contributed by atoms with van der Waals surface area (Å²) in [4.78, 5) is 8.32. The lowest BCUT2D eigenvalue weighted by molar-refractivity contribution is 0.831. The molecule has 4 aromatic rings. The highest BCUT2D eigenvalue weighted by atomic mass is 15.4. The number of imidazole rings is 1. The van der Waals surface area contributed by atoms with E-state index in [9.17, 15) is 0 Å². The molecule has 6 nitrogen and oxygen atoms in total. The zero-order valence-electron chi connectivity index (χ0n) is 13.9. The molecule has 0 radical (unpaired) electrons. The second-order valence-electron chi connectivity index (χ2n) is 5.95. The van der Waals surface area contributed by atoms with E-state index < -0.39 is 0 Å². The topological polar surface area (TPSA) is 74.0 Å². The number of aromatic nitrogens is 4. The van der Waals surface area contributed by atoms with Gasteiger partial charge in [-0.1, -0.05) is 18.2 Å². The third-order valence-corrected chi connectivity index (χ3v) is 4.04. The molecule has 0 saturated carbocycles. The van der Waals surface area contributed by atoms with E-state index in [4.69, 9.17) is 5.73 Å². The third kappa shape index (κ3) is 3.14. The van der Waals surface area contributed by atoms with Gasteiger partial charge in [0.1, 0.15) is 0 Å². The van der Waals surface area contributed by atoms with Gasteiger partial charge in [0, 0.05) is 30.7 Å². The number of pyridine rings is 1. The van der Waals surface area contributed by atoms with Crippen LogP contribution in [0.4, 0.5) is 5.95 Å². The van der Waals surface area contributed by atoms with E-state index >= 15 is 0 Å². The van der Waals surface area contributed by atoms with Crippen molar-refractivity contribution in [2.24, 2.45) is 5.10 Å². The van der Waals surface area contributed by atoms with E-state index in [1.807, 2.05) is 25.3 Å². The lowest BCUT2D eigenvalue weighted by Crippen LogP contribution is -1.99. The molecule has 0 spiro atoms. The maximum Gasteiger partial charge on any atom is 0.221 e. The minimum atomic E-state index is 0.384. The van der Waals surface area contributed by atoms with Gasteiger partial charge in [0.2, 0.25) is 5.95 Å². The van der Waals surface area contributed by atoms with Crippen LogP contribution in [0.1, 0.15) is 16.8 Å². The molecule has 0 aliphatic rings. The first kappa shape index (κ1) is 15.1. The number of nitrogen functional groups attached to an aromatic ring is 1. The van der Waals surface area contributed by atoms with Crippen molar-refractivity contribution >= 4 is 23.1 Å². The van der Waals surface area contributed by atoms with Crippen molar-refractivity contribution in [2.75, 3.05) is 5.73 Å². The van der Waals surface area contributed by atoms with Gasteiger partial charge in [0.25, 0.3) is 0 Å². The van der Waals surface area contributed by atoms with E-state index in [0.29, 0.717) is 5.95 Å². The molecule has 3 heterocycles. The summed E-state index contributed by atoms with van der Waals surface area (Å²) in [6.07, 6.45) is 9.36. The third-order valence-electron chi connectivity index (χ3n) is 4.04. The van der Waals surface area contributed by atoms with Crippen molar-refractivity contribution < 1.29 is 0 Å². The van der Waals surface area contributed by atoms with Gasteiger partial charge in [-0.25, -0.2) is 9.66 Å². The molecule has 1 aromatic carbocycles. The van der Waals surface area contributed by atoms with Crippen molar-refractivity contribution in [1.82, 2.24) is 19.2 Å². The zero-order chi connectivity index (χ0) is 17.2. The number of fused-ring (bicyclic) bond motifs is 1. The van der Waals surface area contributed by atoms with Gasteiger partial charge in [0.15, 0.2) is 0 Å². The van der Waals surface area contributed by atoms with Crippen molar-refractivity contribution in [1.29, 1.82) is 0 Å². The van der Waals surface area contributed by atoms with Gasteiger partial charge in [-0.15, -0.1) is 0 Å². The molecular formula is C19H18N6. The molecule has 0 atom stereocenters. The summed E-state index contributed by atoms with van der Waals surface area (Å²) in [6.45, 7) is 2.67. The Morgan fingerprint density at radius 3 is 2.92 bits per heavy atom. The molecule has 0 unspecified atom stereocenters. The standard InChI is InChI=1S/C19H18N6/c1-14-12-25(19(20)23-14)22-11-15-4-5-17-6-8-24(18(17)9-15)13-16-3-2-7-21-10-16/h2-12H,13H2,1H3,(H2,20,23). The molecule has 6 heteroatoms. The monoisotopic (exact) mass is 330 g/mol. The molecule has 3 aromatic heterocycles. The maximum atomic E-state index is 5.82. The van der Waals surface area contributed by atoms with Crippen molar-refractivity contribution in [3.8, 4) is 0 Å². The molecule has 25 heavy (non-hydrogen) atoms. The molecule has 0 aliphatic heterocycles. The molecular weight excluding hydrogens is 312 g/mol. The second kappa shape index (κ2) is 6.24. The number of rotatable bonds is 4. The van der Waals surface area contributed by atoms with E-state index in [0.717, 1.165) is 23.3 Å². The first-order valence-corrected chi connectivity index (χ1v) is 8.03. The highest BCUT2D eigenvalue weighted by molar-refractivity contribution is 5.89. The van der Waals surface area contributed by atoms with Crippen LogP contribution in [-0.4, -0.2) is 25.4 Å². The van der Waals surface area contributed by atoms with E-state index in [1.165, 1.54) is 10.9 Å². The van der Waals surface area contributed by atoms with Crippen molar-refractivity contribution in [3.63, 3.8) is 0 Å². The molecule has 0 fully saturated rings. The summed E-state index contributed by atoms with van der Waals surface area (Å²) >= 11 is 0. The predicted molar refractivity (Wildman–Crippen MR) is 99.6 cm³/mol. The van der Waals surface area contributed by atoms with Gasteiger partial charge in [-0.3, -0.25) is 4.98 Å². The van der Waals surface area contributed by atoms with E-state index in [1.54, 1.807) is 23.3 Å². The number of nitrogens with two attached hydrogens (primary N) is 1. The Labute approximate surface area is 145 Å². The van der Waals surface area contributed by atoms with Gasteiger partial charge < -0.3 is 10.3 Å². The Morgan fingerprint density at radius 2 is 2.16 bits per heavy atom. The van der Waals surface area contributed by atoms with Crippen molar-refractivity contribution in [3.05, 3.63) is 78.0 Å². The van der Waals surface area contributed by atoms with E-state index in [2.05, 4.69) is 50.1 Å². The molecule has 0 amide bonds. The fourth-order valence-electron chi connectivity index (χ4n) is 2.83. The number of hydrogen-bond acceptors (Lipinski definition) is 4. The fraction of sp³-hybridized carbons (Fsp3) is 0.105. The number of nitrogens with zero attached hydrogens (tertiary/aromatic N) is 5. The lowest BCUT2D eigenvalue weighted by Gasteiger charge is -2.06. The average Bonchev–Trinajstić information content (AvgIpc) is 3.16. The molecule has 0 aliphatic carbocycles. The molecule has 0 saturated heterocycles. The zero-order valence-corrected chi connectivity index (χ0v) is 13.9. The Morgan fingerprint density at radius 1 is 1.24 bits per heavy atom. The highest BCUT2D eigenvalue weighted by Crippen LogP contribution is 2.18.